The maximum atomic E-state index is 6.12. The molecule has 19 heavy (non-hydrogen) atoms. The standard InChI is InChI=1S/C14H19ClN4/c1-10-7-14(9-18(10)2)8-17-13(16)19(14)12-5-3-4-11(15)6-12/h3-6,10H,7-9H2,1-2H3,(H2,16,17). The molecule has 2 N–H and O–H groups in total. The number of nitrogens with two attached hydrogens (primary N) is 1. The average molecular weight is 279 g/mol. The number of aliphatic imine (C=N–C) groups is 1. The summed E-state index contributed by atoms with van der Waals surface area (Å²) in [7, 11) is 2.16. The largest absolute Gasteiger partial charge is 0.369 e. The Kier molecular flexibility index (Phi) is 2.95. The van der Waals surface area contributed by atoms with Gasteiger partial charge in [0.05, 0.1) is 12.1 Å². The van der Waals surface area contributed by atoms with Crippen LogP contribution in [0.2, 0.25) is 5.02 Å². The molecule has 0 aromatic heterocycles. The van der Waals surface area contributed by atoms with Gasteiger partial charge in [-0.15, -0.1) is 0 Å². The van der Waals surface area contributed by atoms with E-state index in [1.54, 1.807) is 0 Å². The highest BCUT2D eigenvalue weighted by Crippen LogP contribution is 2.38. The minimum Gasteiger partial charge on any atom is -0.369 e. The second-order valence-electron chi connectivity index (χ2n) is 5.68. The van der Waals surface area contributed by atoms with Crippen molar-refractivity contribution in [2.24, 2.45) is 10.7 Å². The number of likely N-dealkylation sites (tertiary alicyclic amines) is 1. The van der Waals surface area contributed by atoms with E-state index >= 15 is 0 Å². The molecule has 2 heterocycles. The maximum absolute atomic E-state index is 6.12. The third-order valence-electron chi connectivity index (χ3n) is 4.28. The van der Waals surface area contributed by atoms with Gasteiger partial charge in [0.25, 0.3) is 0 Å². The molecule has 0 bridgehead atoms. The first-order valence-electron chi connectivity index (χ1n) is 6.58. The van der Waals surface area contributed by atoms with E-state index < -0.39 is 0 Å². The first-order valence-corrected chi connectivity index (χ1v) is 6.96. The summed E-state index contributed by atoms with van der Waals surface area (Å²) in [6.45, 7) is 3.99. The van der Waals surface area contributed by atoms with E-state index in [1.165, 1.54) is 0 Å². The number of benzene rings is 1. The fourth-order valence-electron chi connectivity index (χ4n) is 3.30. The van der Waals surface area contributed by atoms with E-state index in [2.05, 4.69) is 28.8 Å². The van der Waals surface area contributed by atoms with Crippen molar-refractivity contribution in [3.8, 4) is 0 Å². The van der Waals surface area contributed by atoms with Crippen molar-refractivity contribution in [3.05, 3.63) is 29.3 Å². The molecule has 1 aromatic carbocycles. The molecule has 2 aliphatic rings. The van der Waals surface area contributed by atoms with Crippen molar-refractivity contribution < 1.29 is 0 Å². The lowest BCUT2D eigenvalue weighted by Gasteiger charge is -2.36. The molecule has 1 spiro atoms. The van der Waals surface area contributed by atoms with Gasteiger partial charge < -0.3 is 15.5 Å². The molecule has 2 atom stereocenters. The summed E-state index contributed by atoms with van der Waals surface area (Å²) in [6.07, 6.45) is 1.07. The fraction of sp³-hybridized carbons (Fsp3) is 0.500. The minimum atomic E-state index is -0.0110. The van der Waals surface area contributed by atoms with Crippen molar-refractivity contribution >= 4 is 23.2 Å². The zero-order chi connectivity index (χ0) is 13.6. The Hall–Kier alpha value is -1.26. The molecule has 0 aliphatic carbocycles. The van der Waals surface area contributed by atoms with Gasteiger partial charge in [-0.25, -0.2) is 0 Å². The zero-order valence-electron chi connectivity index (χ0n) is 11.3. The smallest absolute Gasteiger partial charge is 0.196 e. The van der Waals surface area contributed by atoms with Gasteiger partial charge in [-0.05, 0) is 38.6 Å². The monoisotopic (exact) mass is 278 g/mol. The van der Waals surface area contributed by atoms with E-state index in [0.717, 1.165) is 30.2 Å². The first-order chi connectivity index (χ1) is 9.02. The van der Waals surface area contributed by atoms with Crippen LogP contribution in [-0.4, -0.2) is 42.6 Å². The fourth-order valence-corrected chi connectivity index (χ4v) is 3.49. The van der Waals surface area contributed by atoms with Crippen LogP contribution in [-0.2, 0) is 0 Å². The van der Waals surface area contributed by atoms with E-state index in [0.29, 0.717) is 12.0 Å². The van der Waals surface area contributed by atoms with Crippen molar-refractivity contribution in [2.75, 3.05) is 25.0 Å². The molecule has 0 amide bonds. The molecule has 3 rings (SSSR count). The molecule has 0 saturated carbocycles. The Morgan fingerprint density at radius 3 is 2.89 bits per heavy atom. The summed E-state index contributed by atoms with van der Waals surface area (Å²) in [5, 5.41) is 0.728. The first kappa shape index (κ1) is 12.8. The summed E-state index contributed by atoms with van der Waals surface area (Å²) >= 11 is 6.11. The SMILES string of the molecule is CC1CC2(CN=C(N)N2c2cccc(Cl)c2)CN1C. The molecular weight excluding hydrogens is 260 g/mol. The number of guanidine groups is 1. The Balaban J connectivity index is 2.00. The van der Waals surface area contributed by atoms with Gasteiger partial charge in [-0.2, -0.15) is 0 Å². The van der Waals surface area contributed by atoms with Crippen LogP contribution in [0.25, 0.3) is 0 Å². The van der Waals surface area contributed by atoms with Gasteiger partial charge in [0.2, 0.25) is 0 Å². The Bertz CT molecular complexity index is 518. The van der Waals surface area contributed by atoms with E-state index in [-0.39, 0.29) is 5.54 Å². The molecular formula is C14H19ClN4. The van der Waals surface area contributed by atoms with Crippen molar-refractivity contribution in [3.63, 3.8) is 0 Å². The van der Waals surface area contributed by atoms with Crippen LogP contribution in [0.1, 0.15) is 13.3 Å². The second-order valence-corrected chi connectivity index (χ2v) is 6.12. The zero-order valence-corrected chi connectivity index (χ0v) is 12.1. The number of hydrogen-bond donors (Lipinski definition) is 1. The minimum absolute atomic E-state index is 0.0110. The highest BCUT2D eigenvalue weighted by Gasteiger charge is 2.49. The van der Waals surface area contributed by atoms with E-state index in [9.17, 15) is 0 Å². The molecule has 2 unspecified atom stereocenters. The highest BCUT2D eigenvalue weighted by molar-refractivity contribution is 6.31. The van der Waals surface area contributed by atoms with Gasteiger partial charge in [-0.3, -0.25) is 4.99 Å². The molecule has 102 valence electrons. The van der Waals surface area contributed by atoms with E-state index in [4.69, 9.17) is 17.3 Å². The van der Waals surface area contributed by atoms with Crippen LogP contribution < -0.4 is 10.6 Å². The van der Waals surface area contributed by atoms with Gasteiger partial charge in [-0.1, -0.05) is 17.7 Å². The van der Waals surface area contributed by atoms with Crippen LogP contribution in [0, 0.1) is 0 Å². The molecule has 1 aromatic rings. The third-order valence-corrected chi connectivity index (χ3v) is 4.51. The predicted molar refractivity (Wildman–Crippen MR) is 79.9 cm³/mol. The number of likely N-dealkylation sites (N-methyl/N-ethyl adjacent to an activating group) is 1. The lowest BCUT2D eigenvalue weighted by atomic mass is 9.94. The van der Waals surface area contributed by atoms with Crippen molar-refractivity contribution in [1.29, 1.82) is 0 Å². The summed E-state index contributed by atoms with van der Waals surface area (Å²) in [5.74, 6) is 0.602. The van der Waals surface area contributed by atoms with Crippen LogP contribution in [0.15, 0.2) is 29.3 Å². The van der Waals surface area contributed by atoms with Gasteiger partial charge in [0.1, 0.15) is 0 Å². The third kappa shape index (κ3) is 1.99. The normalized spacial score (nSPS) is 31.2. The van der Waals surface area contributed by atoms with Gasteiger partial charge in [0.15, 0.2) is 5.96 Å². The van der Waals surface area contributed by atoms with Gasteiger partial charge in [0, 0.05) is 23.3 Å². The summed E-state index contributed by atoms with van der Waals surface area (Å²) in [4.78, 5) is 9.01. The van der Waals surface area contributed by atoms with E-state index in [1.807, 2.05) is 24.3 Å². The second kappa shape index (κ2) is 4.39. The quantitative estimate of drug-likeness (QED) is 0.854. The van der Waals surface area contributed by atoms with Crippen LogP contribution >= 0.6 is 11.6 Å². The molecule has 5 heteroatoms. The molecule has 1 saturated heterocycles. The topological polar surface area (TPSA) is 44.9 Å². The highest BCUT2D eigenvalue weighted by atomic mass is 35.5. The number of hydrogen-bond acceptors (Lipinski definition) is 4. The average Bonchev–Trinajstić information content (AvgIpc) is 2.80. The van der Waals surface area contributed by atoms with Crippen LogP contribution in [0.5, 0.6) is 0 Å². The number of rotatable bonds is 1. The lowest BCUT2D eigenvalue weighted by molar-refractivity contribution is 0.322. The Morgan fingerprint density at radius 2 is 2.26 bits per heavy atom. The summed E-state index contributed by atoms with van der Waals surface area (Å²) < 4.78 is 0. The van der Waals surface area contributed by atoms with Gasteiger partial charge >= 0.3 is 0 Å². The summed E-state index contributed by atoms with van der Waals surface area (Å²) in [6, 6.07) is 8.39. The Morgan fingerprint density at radius 1 is 1.47 bits per heavy atom. The molecule has 2 aliphatic heterocycles. The van der Waals surface area contributed by atoms with Crippen LogP contribution in [0.3, 0.4) is 0 Å². The van der Waals surface area contributed by atoms with Crippen molar-refractivity contribution in [1.82, 2.24) is 4.90 Å². The predicted octanol–water partition coefficient (Wildman–Crippen LogP) is 1.94. The number of nitrogens with zero attached hydrogens (tertiary/aromatic N) is 3. The molecule has 4 nitrogen and oxygen atoms in total. The Labute approximate surface area is 118 Å². The van der Waals surface area contributed by atoms with Crippen molar-refractivity contribution in [2.45, 2.75) is 24.9 Å². The molecule has 0 radical (unpaired) electrons. The lowest BCUT2D eigenvalue weighted by Crippen LogP contribution is -2.53. The summed E-state index contributed by atoms with van der Waals surface area (Å²) in [5.41, 5.74) is 7.15. The number of anilines is 1. The number of halogens is 1. The molecule has 1 fully saturated rings. The van der Waals surface area contributed by atoms with Crippen LogP contribution in [0.4, 0.5) is 5.69 Å². The maximum Gasteiger partial charge on any atom is 0.196 e.